The fraction of sp³-hybridized carbons (Fsp3) is 1.00. The number of likely N-dealkylation sites (N-methyl/N-ethyl adjacent to an activating group) is 1. The lowest BCUT2D eigenvalue weighted by atomic mass is 9.89. The predicted octanol–water partition coefficient (Wildman–Crippen LogP) is 1.77. The van der Waals surface area contributed by atoms with E-state index in [2.05, 4.69) is 17.6 Å². The molecule has 0 bridgehead atoms. The zero-order valence-corrected chi connectivity index (χ0v) is 8.94. The highest BCUT2D eigenvalue weighted by Crippen LogP contribution is 2.22. The first-order valence-electron chi connectivity index (χ1n) is 5.85. The van der Waals surface area contributed by atoms with Crippen LogP contribution in [0.3, 0.4) is 0 Å². The van der Waals surface area contributed by atoms with E-state index in [9.17, 15) is 0 Å². The van der Waals surface area contributed by atoms with E-state index in [-0.39, 0.29) is 0 Å². The molecule has 0 saturated heterocycles. The van der Waals surface area contributed by atoms with Crippen LogP contribution in [-0.4, -0.2) is 26.2 Å². The standard InChI is InChI=1S/C11H24N2/c1-2-12-8-9-13-10-11-6-4-3-5-7-11/h11-13H,2-10H2,1H3. The van der Waals surface area contributed by atoms with Crippen LogP contribution < -0.4 is 10.6 Å². The lowest BCUT2D eigenvalue weighted by molar-refractivity contribution is 0.342. The van der Waals surface area contributed by atoms with Crippen LogP contribution in [0.5, 0.6) is 0 Å². The van der Waals surface area contributed by atoms with E-state index in [1.807, 2.05) is 0 Å². The first-order valence-corrected chi connectivity index (χ1v) is 5.85. The molecule has 0 aliphatic heterocycles. The molecule has 0 aromatic carbocycles. The Labute approximate surface area is 82.5 Å². The van der Waals surface area contributed by atoms with Crippen LogP contribution in [-0.2, 0) is 0 Å². The highest BCUT2D eigenvalue weighted by atomic mass is 14.9. The van der Waals surface area contributed by atoms with Crippen LogP contribution in [0.25, 0.3) is 0 Å². The molecule has 2 N–H and O–H groups in total. The van der Waals surface area contributed by atoms with Gasteiger partial charge in [-0.1, -0.05) is 26.2 Å². The van der Waals surface area contributed by atoms with E-state index >= 15 is 0 Å². The summed E-state index contributed by atoms with van der Waals surface area (Å²) in [5, 5.41) is 6.85. The van der Waals surface area contributed by atoms with Crippen LogP contribution in [0.15, 0.2) is 0 Å². The van der Waals surface area contributed by atoms with Gasteiger partial charge in [0, 0.05) is 13.1 Å². The van der Waals surface area contributed by atoms with Crippen molar-refractivity contribution < 1.29 is 0 Å². The van der Waals surface area contributed by atoms with Crippen molar-refractivity contribution in [2.24, 2.45) is 5.92 Å². The Morgan fingerprint density at radius 2 is 1.69 bits per heavy atom. The van der Waals surface area contributed by atoms with Crippen LogP contribution in [0.2, 0.25) is 0 Å². The molecule has 78 valence electrons. The Bertz CT molecular complexity index is 109. The van der Waals surface area contributed by atoms with Gasteiger partial charge in [0.2, 0.25) is 0 Å². The summed E-state index contributed by atoms with van der Waals surface area (Å²) in [5.41, 5.74) is 0. The molecule has 0 atom stereocenters. The largest absolute Gasteiger partial charge is 0.316 e. The van der Waals surface area contributed by atoms with Crippen LogP contribution in [0, 0.1) is 5.92 Å². The van der Waals surface area contributed by atoms with E-state index < -0.39 is 0 Å². The Morgan fingerprint density at radius 1 is 1.00 bits per heavy atom. The van der Waals surface area contributed by atoms with Crippen molar-refractivity contribution in [2.75, 3.05) is 26.2 Å². The lowest BCUT2D eigenvalue weighted by Crippen LogP contribution is -2.31. The minimum atomic E-state index is 0.968. The summed E-state index contributed by atoms with van der Waals surface area (Å²) in [6, 6.07) is 0. The molecule has 2 heteroatoms. The van der Waals surface area contributed by atoms with Gasteiger partial charge in [0.05, 0.1) is 0 Å². The number of rotatable bonds is 6. The van der Waals surface area contributed by atoms with Crippen LogP contribution in [0.4, 0.5) is 0 Å². The molecule has 1 saturated carbocycles. The third-order valence-corrected chi connectivity index (χ3v) is 2.89. The molecule has 1 aliphatic carbocycles. The van der Waals surface area contributed by atoms with Gasteiger partial charge in [0.1, 0.15) is 0 Å². The second kappa shape index (κ2) is 7.34. The normalized spacial score (nSPS) is 19.2. The lowest BCUT2D eigenvalue weighted by Gasteiger charge is -2.21. The van der Waals surface area contributed by atoms with Crippen molar-refractivity contribution in [2.45, 2.75) is 39.0 Å². The molecule has 0 amide bonds. The molecule has 0 spiro atoms. The summed E-state index contributed by atoms with van der Waals surface area (Å²) in [7, 11) is 0. The van der Waals surface area contributed by atoms with Crippen molar-refractivity contribution in [3.63, 3.8) is 0 Å². The molecule has 0 aromatic heterocycles. The van der Waals surface area contributed by atoms with Gasteiger partial charge < -0.3 is 10.6 Å². The topological polar surface area (TPSA) is 24.1 Å². The Hall–Kier alpha value is -0.0800. The molecule has 13 heavy (non-hydrogen) atoms. The van der Waals surface area contributed by atoms with Crippen LogP contribution in [0.1, 0.15) is 39.0 Å². The smallest absolute Gasteiger partial charge is 0.00768 e. The summed E-state index contributed by atoms with van der Waals surface area (Å²) in [6.07, 6.45) is 7.29. The number of hydrogen-bond acceptors (Lipinski definition) is 2. The summed E-state index contributed by atoms with van der Waals surface area (Å²) in [5.74, 6) is 0.968. The van der Waals surface area contributed by atoms with Gasteiger partial charge in [-0.15, -0.1) is 0 Å². The van der Waals surface area contributed by atoms with E-state index in [1.165, 1.54) is 38.6 Å². The van der Waals surface area contributed by atoms with Gasteiger partial charge in [0.25, 0.3) is 0 Å². The van der Waals surface area contributed by atoms with Crippen molar-refractivity contribution in [3.05, 3.63) is 0 Å². The predicted molar refractivity (Wildman–Crippen MR) is 58.0 cm³/mol. The number of nitrogens with one attached hydrogen (secondary N) is 2. The molecule has 0 heterocycles. The van der Waals surface area contributed by atoms with E-state index in [0.29, 0.717) is 0 Å². The first kappa shape index (κ1) is 11.0. The maximum Gasteiger partial charge on any atom is 0.00768 e. The van der Waals surface area contributed by atoms with Gasteiger partial charge >= 0.3 is 0 Å². The van der Waals surface area contributed by atoms with E-state index in [1.54, 1.807) is 0 Å². The molecule has 1 fully saturated rings. The fourth-order valence-corrected chi connectivity index (χ4v) is 2.05. The van der Waals surface area contributed by atoms with Crippen molar-refractivity contribution in [1.82, 2.24) is 10.6 Å². The van der Waals surface area contributed by atoms with Gasteiger partial charge in [0.15, 0.2) is 0 Å². The van der Waals surface area contributed by atoms with Crippen molar-refractivity contribution >= 4 is 0 Å². The van der Waals surface area contributed by atoms with Gasteiger partial charge in [-0.25, -0.2) is 0 Å². The minimum absolute atomic E-state index is 0.968. The highest BCUT2D eigenvalue weighted by Gasteiger charge is 2.11. The average Bonchev–Trinajstić information content (AvgIpc) is 2.19. The molecular formula is C11H24N2. The second-order valence-electron chi connectivity index (χ2n) is 4.06. The summed E-state index contributed by atoms with van der Waals surface area (Å²) in [4.78, 5) is 0. The molecule has 1 aliphatic rings. The summed E-state index contributed by atoms with van der Waals surface area (Å²) in [6.45, 7) is 6.73. The van der Waals surface area contributed by atoms with Crippen LogP contribution >= 0.6 is 0 Å². The van der Waals surface area contributed by atoms with Crippen molar-refractivity contribution in [1.29, 1.82) is 0 Å². The molecular weight excluding hydrogens is 160 g/mol. The van der Waals surface area contributed by atoms with Gasteiger partial charge in [-0.3, -0.25) is 0 Å². The van der Waals surface area contributed by atoms with Gasteiger partial charge in [-0.2, -0.15) is 0 Å². The quantitative estimate of drug-likeness (QED) is 0.615. The van der Waals surface area contributed by atoms with E-state index in [4.69, 9.17) is 0 Å². The van der Waals surface area contributed by atoms with Crippen molar-refractivity contribution in [3.8, 4) is 0 Å². The zero-order valence-electron chi connectivity index (χ0n) is 8.94. The summed E-state index contributed by atoms with van der Waals surface area (Å²) < 4.78 is 0. The second-order valence-corrected chi connectivity index (χ2v) is 4.06. The fourth-order valence-electron chi connectivity index (χ4n) is 2.05. The Kier molecular flexibility index (Phi) is 6.21. The number of hydrogen-bond donors (Lipinski definition) is 2. The third-order valence-electron chi connectivity index (χ3n) is 2.89. The average molecular weight is 184 g/mol. The maximum absolute atomic E-state index is 3.53. The molecule has 0 unspecified atom stereocenters. The third kappa shape index (κ3) is 5.27. The zero-order chi connectivity index (χ0) is 9.36. The minimum Gasteiger partial charge on any atom is -0.316 e. The monoisotopic (exact) mass is 184 g/mol. The first-order chi connectivity index (χ1) is 6.43. The molecule has 0 aromatic rings. The molecule has 1 rings (SSSR count). The maximum atomic E-state index is 3.53. The Morgan fingerprint density at radius 3 is 2.38 bits per heavy atom. The Balaban J connectivity index is 1.86. The SMILES string of the molecule is CCNCCNCC1CCCCC1. The summed E-state index contributed by atoms with van der Waals surface area (Å²) >= 11 is 0. The molecule has 2 nitrogen and oxygen atoms in total. The highest BCUT2D eigenvalue weighted by molar-refractivity contribution is 4.68. The molecule has 0 radical (unpaired) electrons. The van der Waals surface area contributed by atoms with Gasteiger partial charge in [-0.05, 0) is 31.8 Å². The van der Waals surface area contributed by atoms with E-state index in [0.717, 1.165) is 25.6 Å².